The number of benzene rings is 2. The molecule has 4 N–H and O–H groups in total. The highest BCUT2D eigenvalue weighted by atomic mass is 32.2. The van der Waals surface area contributed by atoms with Crippen molar-refractivity contribution in [3.63, 3.8) is 0 Å². The van der Waals surface area contributed by atoms with Crippen molar-refractivity contribution in [2.45, 2.75) is 157 Å². The summed E-state index contributed by atoms with van der Waals surface area (Å²) in [4.78, 5) is 21.4. The third-order valence-corrected chi connectivity index (χ3v) is 18.7. The number of hydrogen-bond donors (Lipinski definition) is 3. The van der Waals surface area contributed by atoms with Gasteiger partial charge in [0.2, 0.25) is 10.0 Å². The molecule has 2 aromatic heterocycles. The lowest BCUT2D eigenvalue weighted by molar-refractivity contribution is -0.116. The van der Waals surface area contributed by atoms with E-state index in [1.54, 1.807) is 40.9 Å². The normalized spacial score (nSPS) is 15.0. The second-order valence-electron chi connectivity index (χ2n) is 17.6. The summed E-state index contributed by atoms with van der Waals surface area (Å²) in [6.07, 6.45) is 14.0. The van der Waals surface area contributed by atoms with Crippen molar-refractivity contribution in [1.82, 2.24) is 9.97 Å². The van der Waals surface area contributed by atoms with Crippen LogP contribution in [0.15, 0.2) is 8.42 Å². The van der Waals surface area contributed by atoms with Crippen LogP contribution in [-0.4, -0.2) is 48.6 Å². The zero-order valence-corrected chi connectivity index (χ0v) is 40.4. The van der Waals surface area contributed by atoms with Gasteiger partial charge in [0.15, 0.2) is 19.8 Å². The fraction of sp³-hybridized carbons (Fsp3) is 0.522. The Morgan fingerprint density at radius 3 is 1.41 bits per heavy atom. The van der Waals surface area contributed by atoms with Gasteiger partial charge in [-0.3, -0.25) is 4.79 Å². The predicted molar refractivity (Wildman–Crippen MR) is 242 cm³/mol. The number of carbonyl (C=O) groups is 1. The number of aromatic nitrogens is 2. The Labute approximate surface area is 383 Å². The summed E-state index contributed by atoms with van der Waals surface area (Å²) in [5, 5.41) is 53.5. The third kappa shape index (κ3) is 9.97. The van der Waals surface area contributed by atoms with Crippen LogP contribution < -0.4 is 9.88 Å². The van der Waals surface area contributed by atoms with Crippen molar-refractivity contribution >= 4 is 48.3 Å². The van der Waals surface area contributed by atoms with Crippen LogP contribution in [0.2, 0.25) is 0 Å². The first-order chi connectivity index (χ1) is 30.1. The fourth-order valence-corrected chi connectivity index (χ4v) is 14.4. The molecule has 0 radical (unpaired) electrons. The molecule has 0 atom stereocenters. The van der Waals surface area contributed by atoms with E-state index >= 15 is 0 Å². The number of carbonyl (C=O) groups excluding carboxylic acids is 1. The highest BCUT2D eigenvalue weighted by Crippen LogP contribution is 2.43. The molecule has 0 unspecified atom stereocenters. The van der Waals surface area contributed by atoms with Crippen LogP contribution in [-0.2, 0) is 106 Å². The third-order valence-electron chi connectivity index (χ3n) is 12.0. The number of fused-ring (bicyclic) bond motifs is 4. The summed E-state index contributed by atoms with van der Waals surface area (Å²) < 4.78 is 54.0. The van der Waals surface area contributed by atoms with E-state index in [-0.39, 0.29) is 20.6 Å². The molecule has 4 aromatic rings. The molecule has 14 nitrogen and oxygen atoms in total. The van der Waals surface area contributed by atoms with Crippen molar-refractivity contribution in [2.75, 3.05) is 5.75 Å². The van der Waals surface area contributed by atoms with E-state index in [1.807, 2.05) is 6.92 Å². The van der Waals surface area contributed by atoms with Crippen molar-refractivity contribution < 1.29 is 36.6 Å². The maximum absolute atomic E-state index is 13.1. The average Bonchev–Trinajstić information content (AvgIpc) is 4.07. The van der Waals surface area contributed by atoms with Crippen molar-refractivity contribution in [3.05, 3.63) is 82.6 Å². The molecular formula is C46H54N6O8S4. The number of primary sulfonamides is 1. The number of ether oxygens (including phenoxy) is 1. The number of nitrogens with two attached hydrogens (primary N) is 1. The summed E-state index contributed by atoms with van der Waals surface area (Å²) >= 11 is 1.88. The van der Waals surface area contributed by atoms with Crippen LogP contribution in [0.25, 0.3) is 0 Å². The minimum absolute atomic E-state index is 0.0436. The number of Topliss-reactive ketones (excluding diaryl/α,β-unsaturated/α-hetero) is 1. The standard InChI is InChI=1S/C24H28N2O4S2.C14H12N2O.C8H14N2O3S2/c1-4-21-22(31-23(26-21)24(2,3)28)32(29,30)13-14(27)11-19-15-7-5-9-17(15)20(12-25)18-10-6-8-16(18)19;15-7-13-9-3-1-5-11(9)14(17-8-16)12-6-2-4-10(12)13;1-4-5-6(15(9,12)13)14-7(10-5)8(2,3)11/h28H,4-11,13H2,1-3H3;1-6H2;11H,4H2,1-3H3,(H2,9,12,13). The first-order valence-electron chi connectivity index (χ1n) is 21.6. The smallest absolute Gasteiger partial charge is 0.292 e. The molecule has 4 aliphatic rings. The van der Waals surface area contributed by atoms with Crippen molar-refractivity contribution in [1.29, 1.82) is 15.8 Å². The molecule has 4 aliphatic carbocycles. The maximum Gasteiger partial charge on any atom is 0.292 e. The molecular weight excluding hydrogens is 893 g/mol. The van der Waals surface area contributed by atoms with Crippen LogP contribution in [0.1, 0.15) is 150 Å². The summed E-state index contributed by atoms with van der Waals surface area (Å²) in [7, 11) is -7.60. The molecule has 0 fully saturated rings. The molecule has 0 bridgehead atoms. The molecule has 0 aliphatic heterocycles. The first-order valence-corrected chi connectivity index (χ1v) is 26.4. The molecule has 0 amide bonds. The van der Waals surface area contributed by atoms with Gasteiger partial charge in [-0.05, 0) is 157 Å². The SMILES string of the molecule is CCc1nc(C(C)(C)O)sc1S(=O)(=O)CC(=O)Cc1c2c(c(C#N)c3c1CCC3)CCC2.CCc1nc(C(C)(C)O)sc1S(N)(=O)=O.N#COc1c2c(c(C#N)c3c1CCC3)CCC2. The van der Waals surface area contributed by atoms with E-state index in [0.29, 0.717) is 34.2 Å². The zero-order valence-electron chi connectivity index (χ0n) is 37.1. The Bertz CT molecular complexity index is 2790. The molecule has 0 spiro atoms. The minimum Gasteiger partial charge on any atom is -0.387 e. The molecule has 8 rings (SSSR count). The number of thiazole rings is 2. The monoisotopic (exact) mass is 946 g/mol. The average molecular weight is 947 g/mol. The molecule has 18 heteroatoms. The summed E-state index contributed by atoms with van der Waals surface area (Å²) in [5.41, 5.74) is 9.93. The Morgan fingerprint density at radius 2 is 1.05 bits per heavy atom. The van der Waals surface area contributed by atoms with E-state index in [2.05, 4.69) is 22.1 Å². The summed E-state index contributed by atoms with van der Waals surface area (Å²) in [6.45, 7) is 9.85. The number of sulfonamides is 1. The van der Waals surface area contributed by atoms with Gasteiger partial charge in [0.05, 0.1) is 34.7 Å². The van der Waals surface area contributed by atoms with Gasteiger partial charge in [-0.2, -0.15) is 10.5 Å². The minimum atomic E-state index is -3.86. The van der Waals surface area contributed by atoms with Crippen LogP contribution in [0.5, 0.6) is 5.75 Å². The lowest BCUT2D eigenvalue weighted by Gasteiger charge is -2.16. The lowest BCUT2D eigenvalue weighted by Crippen LogP contribution is -2.20. The Hall–Kier alpha value is -4.58. The maximum atomic E-state index is 13.1. The first kappa shape index (κ1) is 48.9. The van der Waals surface area contributed by atoms with Gasteiger partial charge < -0.3 is 14.9 Å². The molecule has 0 saturated heterocycles. The second-order valence-corrected chi connectivity index (χ2v) is 23.5. The van der Waals surface area contributed by atoms with Gasteiger partial charge in [0, 0.05) is 17.5 Å². The van der Waals surface area contributed by atoms with Gasteiger partial charge in [-0.1, -0.05) is 13.8 Å². The van der Waals surface area contributed by atoms with Gasteiger partial charge in [-0.25, -0.2) is 31.9 Å². The quantitative estimate of drug-likeness (QED) is 0.139. The summed E-state index contributed by atoms with van der Waals surface area (Å²) in [6, 6.07) is 4.75. The van der Waals surface area contributed by atoms with Crippen molar-refractivity contribution in [2.24, 2.45) is 5.14 Å². The van der Waals surface area contributed by atoms with Gasteiger partial charge >= 0.3 is 0 Å². The second kappa shape index (κ2) is 19.1. The van der Waals surface area contributed by atoms with Gasteiger partial charge in [0.25, 0.3) is 6.26 Å². The van der Waals surface area contributed by atoms with Gasteiger partial charge in [0.1, 0.15) is 36.9 Å². The molecule has 2 heterocycles. The van der Waals surface area contributed by atoms with Crippen LogP contribution in [0, 0.1) is 34.2 Å². The molecule has 340 valence electrons. The van der Waals surface area contributed by atoms with E-state index in [0.717, 1.165) is 167 Å². The number of nitriles is 3. The highest BCUT2D eigenvalue weighted by molar-refractivity contribution is 7.94. The Kier molecular flexibility index (Phi) is 14.6. The lowest BCUT2D eigenvalue weighted by atomic mass is 9.87. The number of rotatable bonds is 11. The topological polar surface area (TPSA) is 258 Å². The van der Waals surface area contributed by atoms with E-state index in [4.69, 9.17) is 15.1 Å². The van der Waals surface area contributed by atoms with Gasteiger partial charge in [-0.15, -0.1) is 27.9 Å². The molecule has 0 saturated carbocycles. The highest BCUT2D eigenvalue weighted by Gasteiger charge is 2.34. The molecule has 64 heavy (non-hydrogen) atoms. The summed E-state index contributed by atoms with van der Waals surface area (Å²) in [5.74, 6) is -0.138. The fourth-order valence-electron chi connectivity index (χ4n) is 9.26. The van der Waals surface area contributed by atoms with E-state index < -0.39 is 36.8 Å². The number of aryl methyl sites for hydroxylation is 2. The number of sulfone groups is 1. The van der Waals surface area contributed by atoms with E-state index in [9.17, 15) is 42.4 Å². The predicted octanol–water partition coefficient (Wildman–Crippen LogP) is 6.34. The number of ketones is 1. The molecule has 2 aromatic carbocycles. The largest absolute Gasteiger partial charge is 0.387 e. The Morgan fingerprint density at radius 1 is 0.672 bits per heavy atom. The zero-order chi connectivity index (χ0) is 46.9. The number of nitrogens with zero attached hydrogens (tertiary/aromatic N) is 5. The Balaban J connectivity index is 0.000000178. The van der Waals surface area contributed by atoms with E-state index in [1.165, 1.54) is 0 Å². The van der Waals surface area contributed by atoms with Crippen LogP contribution >= 0.6 is 22.7 Å². The number of hydrogen-bond acceptors (Lipinski definition) is 15. The van der Waals surface area contributed by atoms with Crippen LogP contribution in [0.4, 0.5) is 0 Å². The van der Waals surface area contributed by atoms with Crippen molar-refractivity contribution in [3.8, 4) is 24.1 Å². The number of aliphatic hydroxyl groups is 2. The van der Waals surface area contributed by atoms with Crippen LogP contribution in [0.3, 0.4) is 0 Å².